The molecular formula is C14H22BrN3O. The van der Waals surface area contributed by atoms with Gasteiger partial charge in [-0.25, -0.2) is 0 Å². The number of halogens is 1. The van der Waals surface area contributed by atoms with E-state index in [4.69, 9.17) is 5.73 Å². The summed E-state index contributed by atoms with van der Waals surface area (Å²) in [5, 5.41) is 2.87. The molecule has 0 saturated carbocycles. The maximum Gasteiger partial charge on any atom is 0.234 e. The molecule has 3 N–H and O–H groups in total. The molecule has 0 fully saturated rings. The largest absolute Gasteiger partial charge is 0.355 e. The van der Waals surface area contributed by atoms with E-state index in [9.17, 15) is 4.79 Å². The first kappa shape index (κ1) is 16.1. The van der Waals surface area contributed by atoms with E-state index < -0.39 is 0 Å². The lowest BCUT2D eigenvalue weighted by Crippen LogP contribution is -2.39. The Morgan fingerprint density at radius 2 is 2.05 bits per heavy atom. The minimum absolute atomic E-state index is 0.0416. The smallest absolute Gasteiger partial charge is 0.234 e. The number of hydrogen-bond acceptors (Lipinski definition) is 3. The number of benzene rings is 1. The number of carbonyl (C=O) groups excluding carboxylic acids is 1. The maximum atomic E-state index is 11.7. The Morgan fingerprint density at radius 1 is 1.42 bits per heavy atom. The summed E-state index contributed by atoms with van der Waals surface area (Å²) in [7, 11) is 1.92. The van der Waals surface area contributed by atoms with Crippen molar-refractivity contribution >= 4 is 21.8 Å². The summed E-state index contributed by atoms with van der Waals surface area (Å²) >= 11 is 3.41. The van der Waals surface area contributed by atoms with Gasteiger partial charge in [0, 0.05) is 23.6 Å². The molecule has 0 saturated heterocycles. The molecule has 0 radical (unpaired) electrons. The number of nitrogens with two attached hydrogens (primary N) is 1. The highest BCUT2D eigenvalue weighted by Crippen LogP contribution is 2.20. The molecule has 19 heavy (non-hydrogen) atoms. The second kappa shape index (κ2) is 8.30. The third kappa shape index (κ3) is 5.30. The third-order valence-electron chi connectivity index (χ3n) is 2.98. The Morgan fingerprint density at radius 3 is 2.58 bits per heavy atom. The Labute approximate surface area is 123 Å². The van der Waals surface area contributed by atoms with Crippen LogP contribution in [0.4, 0.5) is 0 Å². The SMILES string of the molecule is CCCNC(=O)CN(C)C(CN)c1ccc(Br)cc1. The second-order valence-electron chi connectivity index (χ2n) is 4.57. The number of nitrogens with one attached hydrogen (secondary N) is 1. The van der Waals surface area contributed by atoms with E-state index in [1.807, 2.05) is 43.1 Å². The van der Waals surface area contributed by atoms with E-state index in [2.05, 4.69) is 21.2 Å². The Hall–Kier alpha value is -0.910. The van der Waals surface area contributed by atoms with Crippen LogP contribution in [0.5, 0.6) is 0 Å². The van der Waals surface area contributed by atoms with E-state index in [-0.39, 0.29) is 11.9 Å². The molecule has 0 bridgehead atoms. The van der Waals surface area contributed by atoms with Crippen LogP contribution in [0.25, 0.3) is 0 Å². The lowest BCUT2D eigenvalue weighted by molar-refractivity contribution is -0.122. The van der Waals surface area contributed by atoms with Crippen LogP contribution in [0.2, 0.25) is 0 Å². The maximum absolute atomic E-state index is 11.7. The predicted octanol–water partition coefficient (Wildman–Crippen LogP) is 1.91. The molecule has 4 nitrogen and oxygen atoms in total. The highest BCUT2D eigenvalue weighted by atomic mass is 79.9. The highest BCUT2D eigenvalue weighted by Gasteiger charge is 2.17. The molecule has 0 aliphatic rings. The Bertz CT molecular complexity index is 394. The molecule has 0 spiro atoms. The van der Waals surface area contributed by atoms with E-state index in [0.29, 0.717) is 13.1 Å². The van der Waals surface area contributed by atoms with Gasteiger partial charge >= 0.3 is 0 Å². The molecule has 0 heterocycles. The van der Waals surface area contributed by atoms with Crippen molar-refractivity contribution < 1.29 is 4.79 Å². The van der Waals surface area contributed by atoms with Gasteiger partial charge in [0.05, 0.1) is 6.54 Å². The van der Waals surface area contributed by atoms with E-state index in [1.54, 1.807) is 0 Å². The van der Waals surface area contributed by atoms with Crippen molar-refractivity contribution in [2.75, 3.05) is 26.7 Å². The first-order chi connectivity index (χ1) is 9.08. The number of carbonyl (C=O) groups is 1. The standard InChI is InChI=1S/C14H22BrN3O/c1-3-8-17-14(19)10-18(2)13(9-16)11-4-6-12(15)7-5-11/h4-7,13H,3,8-10,16H2,1-2H3,(H,17,19). The number of amides is 1. The number of nitrogens with zero attached hydrogens (tertiary/aromatic N) is 1. The van der Waals surface area contributed by atoms with Gasteiger partial charge in [0.15, 0.2) is 0 Å². The molecule has 0 aliphatic heterocycles. The summed E-state index contributed by atoms with van der Waals surface area (Å²) in [5.74, 6) is 0.0416. The van der Waals surface area contributed by atoms with Gasteiger partial charge < -0.3 is 11.1 Å². The lowest BCUT2D eigenvalue weighted by atomic mass is 10.1. The number of likely N-dealkylation sites (N-methyl/N-ethyl adjacent to an activating group) is 1. The van der Waals surface area contributed by atoms with Crippen LogP contribution in [0.15, 0.2) is 28.7 Å². The van der Waals surface area contributed by atoms with Gasteiger partial charge in [-0.15, -0.1) is 0 Å². The molecule has 1 atom stereocenters. The Kier molecular flexibility index (Phi) is 7.05. The molecule has 106 valence electrons. The van der Waals surface area contributed by atoms with E-state index in [0.717, 1.165) is 23.0 Å². The fourth-order valence-electron chi connectivity index (χ4n) is 1.91. The summed E-state index contributed by atoms with van der Waals surface area (Å²) in [6, 6.07) is 8.09. The molecule has 1 unspecified atom stereocenters. The first-order valence-electron chi connectivity index (χ1n) is 6.51. The molecule has 1 rings (SSSR count). The predicted molar refractivity (Wildman–Crippen MR) is 81.9 cm³/mol. The lowest BCUT2D eigenvalue weighted by Gasteiger charge is -2.26. The van der Waals surface area contributed by atoms with Crippen LogP contribution in [0.1, 0.15) is 24.9 Å². The van der Waals surface area contributed by atoms with Crippen LogP contribution in [-0.2, 0) is 4.79 Å². The average molecular weight is 328 g/mol. The van der Waals surface area contributed by atoms with Crippen LogP contribution >= 0.6 is 15.9 Å². The van der Waals surface area contributed by atoms with Crippen molar-refractivity contribution in [3.63, 3.8) is 0 Å². The molecule has 1 amide bonds. The zero-order chi connectivity index (χ0) is 14.3. The van der Waals surface area contributed by atoms with Gasteiger partial charge in [0.2, 0.25) is 5.91 Å². The van der Waals surface area contributed by atoms with Gasteiger partial charge in [0.25, 0.3) is 0 Å². The fourth-order valence-corrected chi connectivity index (χ4v) is 2.18. The summed E-state index contributed by atoms with van der Waals surface area (Å²) in [4.78, 5) is 13.7. The summed E-state index contributed by atoms with van der Waals surface area (Å²) in [6.07, 6.45) is 0.947. The quantitative estimate of drug-likeness (QED) is 0.804. The van der Waals surface area contributed by atoms with Crippen molar-refractivity contribution in [2.45, 2.75) is 19.4 Å². The van der Waals surface area contributed by atoms with Gasteiger partial charge in [-0.05, 0) is 31.2 Å². The average Bonchev–Trinajstić information content (AvgIpc) is 2.39. The minimum Gasteiger partial charge on any atom is -0.355 e. The Balaban J connectivity index is 2.63. The minimum atomic E-state index is 0.0416. The second-order valence-corrected chi connectivity index (χ2v) is 5.48. The van der Waals surface area contributed by atoms with Crippen molar-refractivity contribution in [3.8, 4) is 0 Å². The van der Waals surface area contributed by atoms with Gasteiger partial charge in [-0.1, -0.05) is 35.0 Å². The van der Waals surface area contributed by atoms with Crippen LogP contribution in [0, 0.1) is 0 Å². The summed E-state index contributed by atoms with van der Waals surface area (Å²) in [5.41, 5.74) is 6.96. The van der Waals surface area contributed by atoms with Crippen LogP contribution < -0.4 is 11.1 Å². The van der Waals surface area contributed by atoms with Crippen molar-refractivity contribution in [1.29, 1.82) is 0 Å². The number of rotatable bonds is 7. The van der Waals surface area contributed by atoms with Crippen molar-refractivity contribution in [1.82, 2.24) is 10.2 Å². The molecule has 5 heteroatoms. The zero-order valence-corrected chi connectivity index (χ0v) is 13.1. The first-order valence-corrected chi connectivity index (χ1v) is 7.30. The molecule has 0 aliphatic carbocycles. The highest BCUT2D eigenvalue weighted by molar-refractivity contribution is 9.10. The molecule has 1 aromatic carbocycles. The summed E-state index contributed by atoms with van der Waals surface area (Å²) < 4.78 is 1.04. The normalized spacial score (nSPS) is 12.5. The van der Waals surface area contributed by atoms with Gasteiger partial charge in [-0.2, -0.15) is 0 Å². The van der Waals surface area contributed by atoms with E-state index in [1.165, 1.54) is 0 Å². The zero-order valence-electron chi connectivity index (χ0n) is 11.5. The summed E-state index contributed by atoms with van der Waals surface area (Å²) in [6.45, 7) is 3.60. The third-order valence-corrected chi connectivity index (χ3v) is 3.50. The van der Waals surface area contributed by atoms with Gasteiger partial charge in [0.1, 0.15) is 0 Å². The topological polar surface area (TPSA) is 58.4 Å². The van der Waals surface area contributed by atoms with Gasteiger partial charge in [-0.3, -0.25) is 9.69 Å². The monoisotopic (exact) mass is 327 g/mol. The van der Waals surface area contributed by atoms with Crippen LogP contribution in [-0.4, -0.2) is 37.5 Å². The fraction of sp³-hybridized carbons (Fsp3) is 0.500. The van der Waals surface area contributed by atoms with Crippen molar-refractivity contribution in [3.05, 3.63) is 34.3 Å². The molecule has 0 aromatic heterocycles. The van der Waals surface area contributed by atoms with Crippen LogP contribution in [0.3, 0.4) is 0 Å². The molecular weight excluding hydrogens is 306 g/mol. The van der Waals surface area contributed by atoms with E-state index >= 15 is 0 Å². The van der Waals surface area contributed by atoms with Crippen molar-refractivity contribution in [2.24, 2.45) is 5.73 Å². The molecule has 1 aromatic rings. The number of hydrogen-bond donors (Lipinski definition) is 2.